The van der Waals surface area contributed by atoms with Crippen molar-refractivity contribution >= 4 is 5.96 Å². The highest BCUT2D eigenvalue weighted by atomic mass is 19.4. The van der Waals surface area contributed by atoms with Gasteiger partial charge in [0.15, 0.2) is 17.5 Å². The molecule has 2 N–H and O–H groups in total. The van der Waals surface area contributed by atoms with Crippen molar-refractivity contribution in [3.8, 4) is 17.2 Å². The van der Waals surface area contributed by atoms with Gasteiger partial charge in [-0.05, 0) is 30.7 Å². The second-order valence-corrected chi connectivity index (χ2v) is 5.85. The van der Waals surface area contributed by atoms with Gasteiger partial charge >= 0.3 is 6.36 Å². The fourth-order valence-corrected chi connectivity index (χ4v) is 2.56. The van der Waals surface area contributed by atoms with Crippen LogP contribution in [0.3, 0.4) is 0 Å². The number of methoxy groups -OCH3 is 1. The molecule has 0 radical (unpaired) electrons. The first kappa shape index (κ1) is 22.2. The maximum Gasteiger partial charge on any atom is 0.573 e. The number of hydrogen-bond acceptors (Lipinski definition) is 4. The van der Waals surface area contributed by atoms with E-state index in [1.807, 2.05) is 25.1 Å². The number of alkyl halides is 3. The highest BCUT2D eigenvalue weighted by Gasteiger charge is 2.31. The third-order valence-corrected chi connectivity index (χ3v) is 3.86. The van der Waals surface area contributed by atoms with Crippen LogP contribution in [0, 0.1) is 0 Å². The third kappa shape index (κ3) is 7.10. The van der Waals surface area contributed by atoms with Crippen LogP contribution in [0.5, 0.6) is 17.2 Å². The molecule has 0 atom stereocenters. The molecule has 0 fully saturated rings. The minimum absolute atomic E-state index is 0.110. The Hall–Kier alpha value is -3.10. The number of hydrogen-bond donors (Lipinski definition) is 2. The average Bonchev–Trinajstić information content (AvgIpc) is 2.69. The van der Waals surface area contributed by atoms with Crippen molar-refractivity contribution in [2.75, 3.05) is 20.8 Å². The number of nitrogens with one attached hydrogen (secondary N) is 2. The summed E-state index contributed by atoms with van der Waals surface area (Å²) in [6.45, 7) is 2.97. The molecule has 0 aromatic heterocycles. The molecule has 0 unspecified atom stereocenters. The van der Waals surface area contributed by atoms with E-state index >= 15 is 0 Å². The van der Waals surface area contributed by atoms with Crippen molar-refractivity contribution in [3.05, 3.63) is 53.6 Å². The van der Waals surface area contributed by atoms with Crippen LogP contribution >= 0.6 is 0 Å². The van der Waals surface area contributed by atoms with Gasteiger partial charge < -0.3 is 24.8 Å². The van der Waals surface area contributed by atoms with Gasteiger partial charge in [0.25, 0.3) is 0 Å². The fraction of sp³-hybridized carbons (Fsp3) is 0.350. The van der Waals surface area contributed by atoms with E-state index in [1.54, 1.807) is 26.3 Å². The average molecular weight is 411 g/mol. The lowest BCUT2D eigenvalue weighted by atomic mass is 10.2. The molecule has 0 bridgehead atoms. The quantitative estimate of drug-likeness (QED) is 0.510. The van der Waals surface area contributed by atoms with Gasteiger partial charge in [0.2, 0.25) is 0 Å². The Morgan fingerprint density at radius 1 is 1.00 bits per heavy atom. The van der Waals surface area contributed by atoms with E-state index in [9.17, 15) is 13.2 Å². The first-order valence-electron chi connectivity index (χ1n) is 8.94. The molecule has 29 heavy (non-hydrogen) atoms. The summed E-state index contributed by atoms with van der Waals surface area (Å²) in [6, 6.07) is 11.5. The highest BCUT2D eigenvalue weighted by molar-refractivity contribution is 5.79. The topological polar surface area (TPSA) is 64.1 Å². The molecule has 0 amide bonds. The normalized spacial score (nSPS) is 11.7. The van der Waals surface area contributed by atoms with Crippen LogP contribution in [-0.2, 0) is 13.1 Å². The van der Waals surface area contributed by atoms with Gasteiger partial charge in [-0.2, -0.15) is 0 Å². The maximum atomic E-state index is 12.5. The first-order valence-corrected chi connectivity index (χ1v) is 8.94. The van der Waals surface area contributed by atoms with Crippen molar-refractivity contribution < 1.29 is 27.4 Å². The summed E-state index contributed by atoms with van der Waals surface area (Å²) in [5.41, 5.74) is 1.28. The zero-order chi connectivity index (χ0) is 21.3. The summed E-state index contributed by atoms with van der Waals surface area (Å²) in [5.74, 6) is 1.45. The third-order valence-electron chi connectivity index (χ3n) is 3.86. The predicted molar refractivity (Wildman–Crippen MR) is 104 cm³/mol. The molecule has 6 nitrogen and oxygen atoms in total. The first-order chi connectivity index (χ1) is 13.9. The van der Waals surface area contributed by atoms with Crippen molar-refractivity contribution in [1.82, 2.24) is 10.6 Å². The smallest absolute Gasteiger partial charge is 0.493 e. The Morgan fingerprint density at radius 2 is 1.72 bits per heavy atom. The molecule has 0 aliphatic carbocycles. The van der Waals surface area contributed by atoms with E-state index in [-0.39, 0.29) is 12.3 Å². The van der Waals surface area contributed by atoms with Gasteiger partial charge in [-0.3, -0.25) is 4.99 Å². The number of benzene rings is 2. The van der Waals surface area contributed by atoms with Crippen molar-refractivity contribution in [2.24, 2.45) is 4.99 Å². The molecule has 0 saturated carbocycles. The van der Waals surface area contributed by atoms with Gasteiger partial charge in [0.1, 0.15) is 5.75 Å². The van der Waals surface area contributed by atoms with Gasteiger partial charge in [0, 0.05) is 25.7 Å². The van der Waals surface area contributed by atoms with Crippen LogP contribution in [0.2, 0.25) is 0 Å². The molecule has 0 saturated heterocycles. The molecule has 2 rings (SSSR count). The largest absolute Gasteiger partial charge is 0.573 e. The number of halogens is 3. The lowest BCUT2D eigenvalue weighted by Crippen LogP contribution is -2.36. The van der Waals surface area contributed by atoms with E-state index < -0.39 is 6.36 Å². The molecule has 9 heteroatoms. The van der Waals surface area contributed by atoms with Gasteiger partial charge in [-0.15, -0.1) is 13.2 Å². The molecular formula is C20H24F3N3O3. The fourth-order valence-electron chi connectivity index (χ4n) is 2.56. The number of nitrogens with zero attached hydrogens (tertiary/aromatic N) is 1. The molecule has 0 aliphatic heterocycles. The zero-order valence-corrected chi connectivity index (χ0v) is 16.5. The Balaban J connectivity index is 1.97. The second kappa shape index (κ2) is 10.4. The van der Waals surface area contributed by atoms with Crippen LogP contribution in [0.15, 0.2) is 47.5 Å². The summed E-state index contributed by atoms with van der Waals surface area (Å²) in [5, 5.41) is 6.08. The van der Waals surface area contributed by atoms with Gasteiger partial charge in [-0.25, -0.2) is 0 Å². The Bertz CT molecular complexity index is 826. The number of guanidine groups is 1. The van der Waals surface area contributed by atoms with E-state index in [1.165, 1.54) is 12.1 Å². The monoisotopic (exact) mass is 411 g/mol. The number of para-hydroxylation sites is 1. The van der Waals surface area contributed by atoms with Crippen molar-refractivity contribution in [3.63, 3.8) is 0 Å². The molecule has 2 aromatic carbocycles. The maximum absolute atomic E-state index is 12.5. The van der Waals surface area contributed by atoms with E-state index in [0.29, 0.717) is 36.2 Å². The lowest BCUT2D eigenvalue weighted by Gasteiger charge is -2.16. The number of aliphatic imine (C=N–C) groups is 1. The molecule has 2 aromatic rings. The van der Waals surface area contributed by atoms with E-state index in [2.05, 4.69) is 20.4 Å². The minimum Gasteiger partial charge on any atom is -0.493 e. The van der Waals surface area contributed by atoms with Crippen LogP contribution in [0.1, 0.15) is 18.1 Å². The summed E-state index contributed by atoms with van der Waals surface area (Å²) < 4.78 is 52.5. The zero-order valence-electron chi connectivity index (χ0n) is 16.5. The minimum atomic E-state index is -4.75. The summed E-state index contributed by atoms with van der Waals surface area (Å²) in [7, 11) is 3.14. The molecule has 0 aliphatic rings. The number of ether oxygens (including phenoxy) is 3. The summed E-state index contributed by atoms with van der Waals surface area (Å²) in [6.07, 6.45) is -4.75. The molecular weight excluding hydrogens is 387 g/mol. The second-order valence-electron chi connectivity index (χ2n) is 5.85. The van der Waals surface area contributed by atoms with Crippen molar-refractivity contribution in [1.29, 1.82) is 0 Å². The molecule has 158 valence electrons. The SMILES string of the molecule is CCOc1ccc(CNC(=NC)NCc2ccccc2OC(F)(F)F)cc1OC. The van der Waals surface area contributed by atoms with Crippen LogP contribution < -0.4 is 24.8 Å². The van der Waals surface area contributed by atoms with E-state index in [0.717, 1.165) is 5.56 Å². The Morgan fingerprint density at radius 3 is 2.38 bits per heavy atom. The highest BCUT2D eigenvalue weighted by Crippen LogP contribution is 2.28. The summed E-state index contributed by atoms with van der Waals surface area (Å²) >= 11 is 0. The Labute approximate surface area is 167 Å². The van der Waals surface area contributed by atoms with Crippen molar-refractivity contribution in [2.45, 2.75) is 26.4 Å². The van der Waals surface area contributed by atoms with Gasteiger partial charge in [0.05, 0.1) is 13.7 Å². The van der Waals surface area contributed by atoms with Gasteiger partial charge in [-0.1, -0.05) is 24.3 Å². The summed E-state index contributed by atoms with van der Waals surface area (Å²) in [4.78, 5) is 4.09. The molecule has 0 heterocycles. The standard InChI is InChI=1S/C20H24F3N3O3/c1-4-28-17-10-9-14(11-18(17)27-3)12-25-19(24-2)26-13-15-7-5-6-8-16(15)29-20(21,22)23/h5-11H,4,12-13H2,1-3H3,(H2,24,25,26). The van der Waals surface area contributed by atoms with E-state index in [4.69, 9.17) is 9.47 Å². The van der Waals surface area contributed by atoms with Crippen LogP contribution in [-0.4, -0.2) is 33.1 Å². The van der Waals surface area contributed by atoms with Crippen LogP contribution in [0.25, 0.3) is 0 Å². The molecule has 0 spiro atoms. The number of rotatable bonds is 8. The lowest BCUT2D eigenvalue weighted by molar-refractivity contribution is -0.274. The predicted octanol–water partition coefficient (Wildman–Crippen LogP) is 3.86. The van der Waals surface area contributed by atoms with Crippen LogP contribution in [0.4, 0.5) is 13.2 Å². The Kier molecular flexibility index (Phi) is 7.99.